The highest BCUT2D eigenvalue weighted by Crippen LogP contribution is 2.33. The van der Waals surface area contributed by atoms with Crippen LogP contribution < -0.4 is 0 Å². The smallest absolute Gasteiger partial charge is 0.159 e. The van der Waals surface area contributed by atoms with Crippen molar-refractivity contribution in [1.82, 2.24) is 0 Å². The van der Waals surface area contributed by atoms with E-state index < -0.39 is 17.7 Å². The second-order valence-electron chi connectivity index (χ2n) is 3.84. The van der Waals surface area contributed by atoms with Gasteiger partial charge in [0.2, 0.25) is 0 Å². The molecule has 1 aliphatic rings. The summed E-state index contributed by atoms with van der Waals surface area (Å²) in [5, 5.41) is 8.95. The highest BCUT2D eigenvalue weighted by molar-refractivity contribution is 5.22. The average Bonchev–Trinajstić information content (AvgIpc) is 2.32. The van der Waals surface area contributed by atoms with E-state index in [-0.39, 0.29) is 5.92 Å². The molecule has 0 aromatic heterocycles. The molecule has 0 aliphatic carbocycles. The standard InChI is InChI=1S/C12H11F2NO/c13-10-4-3-8(6-11(10)14)12-9(7-15)2-1-5-16-12/h3-4,6,9,12H,1-2,5H2. The lowest BCUT2D eigenvalue weighted by Crippen LogP contribution is -2.21. The molecule has 1 saturated heterocycles. The summed E-state index contributed by atoms with van der Waals surface area (Å²) < 4.78 is 31.3. The summed E-state index contributed by atoms with van der Waals surface area (Å²) in [6, 6.07) is 5.79. The molecule has 0 saturated carbocycles. The molecule has 1 fully saturated rings. The molecule has 1 heterocycles. The first-order chi connectivity index (χ1) is 7.72. The molecule has 4 heteroatoms. The Kier molecular flexibility index (Phi) is 3.16. The topological polar surface area (TPSA) is 33.0 Å². The van der Waals surface area contributed by atoms with Crippen molar-refractivity contribution in [3.63, 3.8) is 0 Å². The Morgan fingerprint density at radius 3 is 2.81 bits per heavy atom. The largest absolute Gasteiger partial charge is 0.372 e. The minimum Gasteiger partial charge on any atom is -0.372 e. The Morgan fingerprint density at radius 1 is 1.31 bits per heavy atom. The maximum absolute atomic E-state index is 13.1. The molecule has 2 atom stereocenters. The fourth-order valence-corrected chi connectivity index (χ4v) is 1.93. The summed E-state index contributed by atoms with van der Waals surface area (Å²) in [5.41, 5.74) is 0.533. The van der Waals surface area contributed by atoms with Crippen molar-refractivity contribution < 1.29 is 13.5 Å². The SMILES string of the molecule is N#CC1CCCOC1c1ccc(F)c(F)c1. The number of halogens is 2. The van der Waals surface area contributed by atoms with Crippen molar-refractivity contribution >= 4 is 0 Å². The van der Waals surface area contributed by atoms with Crippen LogP contribution in [0.5, 0.6) is 0 Å². The van der Waals surface area contributed by atoms with Gasteiger partial charge in [-0.1, -0.05) is 6.07 Å². The molecule has 2 nitrogen and oxygen atoms in total. The number of rotatable bonds is 1. The van der Waals surface area contributed by atoms with Crippen LogP contribution in [0, 0.1) is 28.9 Å². The summed E-state index contributed by atoms with van der Waals surface area (Å²) in [6.45, 7) is 0.557. The van der Waals surface area contributed by atoms with E-state index in [1.54, 1.807) is 0 Å². The second-order valence-corrected chi connectivity index (χ2v) is 3.84. The third-order valence-corrected chi connectivity index (χ3v) is 2.76. The fourth-order valence-electron chi connectivity index (χ4n) is 1.93. The minimum atomic E-state index is -0.900. The first-order valence-electron chi connectivity index (χ1n) is 5.18. The van der Waals surface area contributed by atoms with E-state index in [0.29, 0.717) is 12.2 Å². The lowest BCUT2D eigenvalue weighted by molar-refractivity contribution is -0.0103. The third-order valence-electron chi connectivity index (χ3n) is 2.76. The molecule has 1 aromatic carbocycles. The van der Waals surface area contributed by atoms with E-state index in [2.05, 4.69) is 6.07 Å². The number of ether oxygens (including phenoxy) is 1. The molecular weight excluding hydrogens is 212 g/mol. The normalized spacial score (nSPS) is 25.1. The van der Waals surface area contributed by atoms with Gasteiger partial charge in [-0.25, -0.2) is 8.78 Å². The van der Waals surface area contributed by atoms with Crippen LogP contribution in [0.4, 0.5) is 8.78 Å². The molecule has 0 amide bonds. The lowest BCUT2D eigenvalue weighted by Gasteiger charge is -2.27. The summed E-state index contributed by atoms with van der Waals surface area (Å²) >= 11 is 0. The Labute approximate surface area is 92.5 Å². The molecule has 2 rings (SSSR count). The van der Waals surface area contributed by atoms with Gasteiger partial charge in [-0.15, -0.1) is 0 Å². The van der Waals surface area contributed by atoms with Gasteiger partial charge in [0.15, 0.2) is 11.6 Å². The van der Waals surface area contributed by atoms with Crippen LogP contribution >= 0.6 is 0 Å². The van der Waals surface area contributed by atoms with Crippen molar-refractivity contribution in [3.05, 3.63) is 35.4 Å². The van der Waals surface area contributed by atoms with Gasteiger partial charge in [0.05, 0.1) is 18.1 Å². The van der Waals surface area contributed by atoms with Crippen molar-refractivity contribution in [1.29, 1.82) is 5.26 Å². The predicted molar refractivity (Wildman–Crippen MR) is 53.4 cm³/mol. The summed E-state index contributed by atoms with van der Waals surface area (Å²) in [5.74, 6) is -2.06. The first-order valence-corrected chi connectivity index (χ1v) is 5.18. The molecule has 1 aliphatic heterocycles. The van der Waals surface area contributed by atoms with E-state index in [1.807, 2.05) is 0 Å². The van der Waals surface area contributed by atoms with Gasteiger partial charge in [-0.3, -0.25) is 0 Å². The van der Waals surface area contributed by atoms with Gasteiger partial charge in [0.1, 0.15) is 0 Å². The van der Waals surface area contributed by atoms with Crippen LogP contribution in [0.2, 0.25) is 0 Å². The summed E-state index contributed by atoms with van der Waals surface area (Å²) in [6.07, 6.45) is 1.13. The van der Waals surface area contributed by atoms with Crippen LogP contribution in [0.15, 0.2) is 18.2 Å². The Bertz CT molecular complexity index is 428. The molecule has 0 N–H and O–H groups in total. The average molecular weight is 223 g/mol. The highest BCUT2D eigenvalue weighted by Gasteiger charge is 2.27. The van der Waals surface area contributed by atoms with Crippen molar-refractivity contribution in [3.8, 4) is 6.07 Å². The van der Waals surface area contributed by atoms with Crippen molar-refractivity contribution in [2.75, 3.05) is 6.61 Å². The zero-order valence-corrected chi connectivity index (χ0v) is 8.62. The predicted octanol–water partition coefficient (Wildman–Crippen LogP) is 2.96. The number of benzene rings is 1. The number of nitriles is 1. The maximum Gasteiger partial charge on any atom is 0.159 e. The molecule has 2 unspecified atom stereocenters. The first kappa shape index (κ1) is 11.0. The van der Waals surface area contributed by atoms with Gasteiger partial charge in [0.25, 0.3) is 0 Å². The van der Waals surface area contributed by atoms with E-state index in [9.17, 15) is 8.78 Å². The quantitative estimate of drug-likeness (QED) is 0.733. The van der Waals surface area contributed by atoms with Gasteiger partial charge < -0.3 is 4.74 Å². The van der Waals surface area contributed by atoms with Crippen molar-refractivity contribution in [2.24, 2.45) is 5.92 Å². The number of hydrogen-bond donors (Lipinski definition) is 0. The van der Waals surface area contributed by atoms with E-state index in [1.165, 1.54) is 6.07 Å². The summed E-state index contributed by atoms with van der Waals surface area (Å²) in [4.78, 5) is 0. The molecule has 1 aromatic rings. The third kappa shape index (κ3) is 2.05. The lowest BCUT2D eigenvalue weighted by atomic mass is 9.91. The van der Waals surface area contributed by atoms with E-state index in [0.717, 1.165) is 25.0 Å². The van der Waals surface area contributed by atoms with Crippen LogP contribution in [-0.4, -0.2) is 6.61 Å². The van der Waals surface area contributed by atoms with E-state index >= 15 is 0 Å². The summed E-state index contributed by atoms with van der Waals surface area (Å²) in [7, 11) is 0. The number of nitrogens with zero attached hydrogens (tertiary/aromatic N) is 1. The van der Waals surface area contributed by atoms with Gasteiger partial charge in [-0.05, 0) is 30.5 Å². The van der Waals surface area contributed by atoms with E-state index in [4.69, 9.17) is 10.00 Å². The Hall–Kier alpha value is -1.47. The molecule has 84 valence electrons. The monoisotopic (exact) mass is 223 g/mol. The van der Waals surface area contributed by atoms with Crippen molar-refractivity contribution in [2.45, 2.75) is 18.9 Å². The molecule has 0 spiro atoms. The number of hydrogen-bond acceptors (Lipinski definition) is 2. The van der Waals surface area contributed by atoms with Crippen LogP contribution in [0.25, 0.3) is 0 Å². The molecule has 0 radical (unpaired) electrons. The zero-order valence-electron chi connectivity index (χ0n) is 8.62. The van der Waals surface area contributed by atoms with Gasteiger partial charge in [0, 0.05) is 6.61 Å². The highest BCUT2D eigenvalue weighted by atomic mass is 19.2. The van der Waals surface area contributed by atoms with Gasteiger partial charge in [-0.2, -0.15) is 5.26 Å². The van der Waals surface area contributed by atoms with Crippen LogP contribution in [0.3, 0.4) is 0 Å². The Balaban J connectivity index is 2.28. The minimum absolute atomic E-state index is 0.279. The maximum atomic E-state index is 13.1. The van der Waals surface area contributed by atoms with Crippen LogP contribution in [-0.2, 0) is 4.74 Å². The molecule has 16 heavy (non-hydrogen) atoms. The van der Waals surface area contributed by atoms with Gasteiger partial charge >= 0.3 is 0 Å². The second kappa shape index (κ2) is 4.58. The Morgan fingerprint density at radius 2 is 2.12 bits per heavy atom. The molecular formula is C12H11F2NO. The zero-order chi connectivity index (χ0) is 11.5. The molecule has 0 bridgehead atoms. The fraction of sp³-hybridized carbons (Fsp3) is 0.417. The van der Waals surface area contributed by atoms with Crippen LogP contribution in [0.1, 0.15) is 24.5 Å².